The Hall–Kier alpha value is -0.350. The lowest BCUT2D eigenvalue weighted by atomic mass is 9.92. The predicted octanol–water partition coefficient (Wildman–Crippen LogP) is 3.50. The number of likely N-dealkylation sites (tertiary alicyclic amines) is 1. The fourth-order valence-electron chi connectivity index (χ4n) is 2.91. The molecule has 1 aliphatic rings. The summed E-state index contributed by atoms with van der Waals surface area (Å²) < 4.78 is 3.19. The molecule has 0 spiro atoms. The number of nitrogens with zero attached hydrogens (tertiary/aromatic N) is 3. The summed E-state index contributed by atoms with van der Waals surface area (Å²) in [5, 5.41) is 4.46. The summed E-state index contributed by atoms with van der Waals surface area (Å²) in [5.41, 5.74) is 2.40. The van der Waals surface area contributed by atoms with Crippen LogP contribution in [0.25, 0.3) is 0 Å². The van der Waals surface area contributed by atoms with Gasteiger partial charge in [-0.2, -0.15) is 5.10 Å². The molecular weight excluding hydrogens is 290 g/mol. The van der Waals surface area contributed by atoms with Gasteiger partial charge in [0.25, 0.3) is 0 Å². The second kappa shape index (κ2) is 6.20. The van der Waals surface area contributed by atoms with Gasteiger partial charge in [-0.1, -0.05) is 19.8 Å². The van der Waals surface area contributed by atoms with Crippen LogP contribution in [0.5, 0.6) is 0 Å². The highest BCUT2D eigenvalue weighted by Gasteiger charge is 2.21. The molecule has 0 unspecified atom stereocenters. The Kier molecular flexibility index (Phi) is 4.84. The van der Waals surface area contributed by atoms with E-state index in [4.69, 9.17) is 0 Å². The minimum absolute atomic E-state index is 0.961. The van der Waals surface area contributed by atoms with Crippen LogP contribution >= 0.6 is 15.9 Å². The molecule has 0 aliphatic carbocycles. The van der Waals surface area contributed by atoms with Crippen molar-refractivity contribution in [1.29, 1.82) is 0 Å². The van der Waals surface area contributed by atoms with Gasteiger partial charge >= 0.3 is 0 Å². The Morgan fingerprint density at radius 2 is 2.00 bits per heavy atom. The molecule has 0 aromatic carbocycles. The highest BCUT2D eigenvalue weighted by Crippen LogP contribution is 2.26. The minimum atomic E-state index is 0.961. The van der Waals surface area contributed by atoms with Gasteiger partial charge in [0.15, 0.2) is 0 Å². The van der Waals surface area contributed by atoms with Crippen molar-refractivity contribution in [1.82, 2.24) is 14.7 Å². The molecule has 1 fully saturated rings. The van der Waals surface area contributed by atoms with Gasteiger partial charge in [-0.15, -0.1) is 0 Å². The number of hydrogen-bond donors (Lipinski definition) is 0. The van der Waals surface area contributed by atoms with Crippen LogP contribution in [0.4, 0.5) is 0 Å². The van der Waals surface area contributed by atoms with Crippen molar-refractivity contribution >= 4 is 15.9 Å². The van der Waals surface area contributed by atoms with Crippen molar-refractivity contribution in [2.75, 3.05) is 13.1 Å². The third-order valence-electron chi connectivity index (χ3n) is 4.04. The van der Waals surface area contributed by atoms with Gasteiger partial charge in [0, 0.05) is 13.6 Å². The summed E-state index contributed by atoms with van der Waals surface area (Å²) in [6.07, 6.45) is 5.46. The Bertz CT molecular complexity index is 392. The second-order valence-corrected chi connectivity index (χ2v) is 6.27. The highest BCUT2D eigenvalue weighted by molar-refractivity contribution is 9.10. The maximum atomic E-state index is 4.46. The van der Waals surface area contributed by atoms with E-state index >= 15 is 0 Å². The van der Waals surface area contributed by atoms with Gasteiger partial charge in [-0.05, 0) is 54.7 Å². The Morgan fingerprint density at radius 3 is 2.50 bits per heavy atom. The maximum Gasteiger partial charge on any atom is 0.0739 e. The molecule has 2 heterocycles. The molecule has 0 atom stereocenters. The van der Waals surface area contributed by atoms with Crippen LogP contribution in [0.1, 0.15) is 44.0 Å². The molecule has 1 saturated heterocycles. The number of rotatable bonds is 4. The smallest absolute Gasteiger partial charge is 0.0739 e. The van der Waals surface area contributed by atoms with E-state index in [9.17, 15) is 0 Å². The molecule has 1 aliphatic heterocycles. The van der Waals surface area contributed by atoms with Crippen LogP contribution in [-0.2, 0) is 13.6 Å². The molecule has 0 amide bonds. The van der Waals surface area contributed by atoms with E-state index in [1.807, 2.05) is 11.7 Å². The minimum Gasteiger partial charge on any atom is -0.297 e. The molecule has 1 aromatic heterocycles. The number of halogens is 1. The predicted molar refractivity (Wildman–Crippen MR) is 78.6 cm³/mol. The van der Waals surface area contributed by atoms with E-state index < -0.39 is 0 Å². The fourth-order valence-corrected chi connectivity index (χ4v) is 3.37. The van der Waals surface area contributed by atoms with Gasteiger partial charge < -0.3 is 0 Å². The van der Waals surface area contributed by atoms with Crippen LogP contribution in [0.2, 0.25) is 0 Å². The molecular formula is C14H24BrN3. The summed E-state index contributed by atoms with van der Waals surface area (Å²) in [5.74, 6) is 0.961. The summed E-state index contributed by atoms with van der Waals surface area (Å²) in [6, 6.07) is 0. The monoisotopic (exact) mass is 313 g/mol. The molecule has 0 saturated carbocycles. The summed E-state index contributed by atoms with van der Waals surface area (Å²) in [6.45, 7) is 7.85. The van der Waals surface area contributed by atoms with E-state index in [1.54, 1.807) is 0 Å². The van der Waals surface area contributed by atoms with E-state index in [2.05, 4.69) is 39.8 Å². The first-order chi connectivity index (χ1) is 8.61. The zero-order valence-electron chi connectivity index (χ0n) is 11.7. The standard InChI is InChI=1S/C14H24BrN3/c1-4-5-12-6-8-18(9-7-12)10-13-14(15)11(2)16-17(13)3/h12H,4-10H2,1-3H3. The first-order valence-electron chi connectivity index (χ1n) is 7.02. The number of aryl methyl sites for hydroxylation is 2. The highest BCUT2D eigenvalue weighted by atomic mass is 79.9. The Morgan fingerprint density at radius 1 is 1.33 bits per heavy atom. The SMILES string of the molecule is CCCC1CCN(Cc2c(Br)c(C)nn2C)CC1. The molecule has 102 valence electrons. The summed E-state index contributed by atoms with van der Waals surface area (Å²) in [7, 11) is 2.04. The lowest BCUT2D eigenvalue weighted by molar-refractivity contribution is 0.168. The van der Waals surface area contributed by atoms with Gasteiger partial charge in [0.05, 0.1) is 15.9 Å². The van der Waals surface area contributed by atoms with Crippen LogP contribution < -0.4 is 0 Å². The van der Waals surface area contributed by atoms with Gasteiger partial charge in [-0.25, -0.2) is 0 Å². The molecule has 18 heavy (non-hydrogen) atoms. The van der Waals surface area contributed by atoms with E-state index in [1.165, 1.54) is 48.9 Å². The van der Waals surface area contributed by atoms with Crippen molar-refractivity contribution in [2.45, 2.75) is 46.1 Å². The van der Waals surface area contributed by atoms with Crippen LogP contribution in [0.15, 0.2) is 4.47 Å². The van der Waals surface area contributed by atoms with Crippen molar-refractivity contribution in [3.05, 3.63) is 15.9 Å². The molecule has 3 nitrogen and oxygen atoms in total. The number of aromatic nitrogens is 2. The van der Waals surface area contributed by atoms with Crippen molar-refractivity contribution in [3.63, 3.8) is 0 Å². The molecule has 0 radical (unpaired) electrons. The first kappa shape index (κ1) is 14.1. The number of piperidine rings is 1. The largest absolute Gasteiger partial charge is 0.297 e. The molecule has 4 heteroatoms. The zero-order chi connectivity index (χ0) is 13.1. The normalized spacial score (nSPS) is 18.4. The molecule has 0 bridgehead atoms. The van der Waals surface area contributed by atoms with Crippen LogP contribution in [0.3, 0.4) is 0 Å². The van der Waals surface area contributed by atoms with E-state index in [0.717, 1.165) is 18.2 Å². The summed E-state index contributed by atoms with van der Waals surface area (Å²) >= 11 is 3.65. The summed E-state index contributed by atoms with van der Waals surface area (Å²) in [4.78, 5) is 2.56. The first-order valence-corrected chi connectivity index (χ1v) is 7.81. The van der Waals surface area contributed by atoms with Gasteiger partial charge in [0.1, 0.15) is 0 Å². The Labute approximate surface area is 119 Å². The average Bonchev–Trinajstić information content (AvgIpc) is 2.59. The quantitative estimate of drug-likeness (QED) is 0.848. The zero-order valence-corrected chi connectivity index (χ0v) is 13.3. The molecule has 2 rings (SSSR count). The van der Waals surface area contributed by atoms with Gasteiger partial charge in [-0.3, -0.25) is 9.58 Å². The van der Waals surface area contributed by atoms with Crippen molar-refractivity contribution in [2.24, 2.45) is 13.0 Å². The third-order valence-corrected chi connectivity index (χ3v) is 5.07. The van der Waals surface area contributed by atoms with Gasteiger partial charge in [0.2, 0.25) is 0 Å². The average molecular weight is 314 g/mol. The van der Waals surface area contributed by atoms with Crippen LogP contribution in [0, 0.1) is 12.8 Å². The maximum absolute atomic E-state index is 4.46. The molecule has 0 N–H and O–H groups in total. The van der Waals surface area contributed by atoms with E-state index in [-0.39, 0.29) is 0 Å². The fraction of sp³-hybridized carbons (Fsp3) is 0.786. The number of hydrogen-bond acceptors (Lipinski definition) is 2. The van der Waals surface area contributed by atoms with Crippen molar-refractivity contribution < 1.29 is 0 Å². The lowest BCUT2D eigenvalue weighted by Gasteiger charge is -2.31. The molecule has 1 aromatic rings. The lowest BCUT2D eigenvalue weighted by Crippen LogP contribution is -2.33. The Balaban J connectivity index is 1.91. The second-order valence-electron chi connectivity index (χ2n) is 5.48. The van der Waals surface area contributed by atoms with Crippen molar-refractivity contribution in [3.8, 4) is 0 Å². The third kappa shape index (κ3) is 3.15. The van der Waals surface area contributed by atoms with Crippen LogP contribution in [-0.4, -0.2) is 27.8 Å². The topological polar surface area (TPSA) is 21.1 Å². The van der Waals surface area contributed by atoms with E-state index in [0.29, 0.717) is 0 Å².